The normalized spacial score (nSPS) is 26.1. The van der Waals surface area contributed by atoms with Gasteiger partial charge in [0.2, 0.25) is 5.91 Å². The lowest BCUT2D eigenvalue weighted by Crippen LogP contribution is -2.43. The van der Waals surface area contributed by atoms with Crippen molar-refractivity contribution in [1.82, 2.24) is 24.8 Å². The SMILES string of the molecule is CN(Cc1ccccc1)Cc1cn(C[C@H]2O[C@@H](CC(=O)N3CCOCC3)[C@H](O)[C@@H]2O)nn1. The maximum Gasteiger partial charge on any atom is 0.225 e. The Morgan fingerprint density at radius 2 is 1.84 bits per heavy atom. The molecule has 0 unspecified atom stereocenters. The zero-order valence-electron chi connectivity index (χ0n) is 18.3. The van der Waals surface area contributed by atoms with Crippen molar-refractivity contribution < 1.29 is 24.5 Å². The number of ether oxygens (including phenoxy) is 2. The quantitative estimate of drug-likeness (QED) is 0.567. The van der Waals surface area contributed by atoms with Gasteiger partial charge in [0.05, 0.1) is 38.0 Å². The van der Waals surface area contributed by atoms with Crippen LogP contribution in [0.2, 0.25) is 0 Å². The summed E-state index contributed by atoms with van der Waals surface area (Å²) in [5.74, 6) is -0.102. The number of carbonyl (C=O) groups is 1. The van der Waals surface area contributed by atoms with Crippen LogP contribution >= 0.6 is 0 Å². The van der Waals surface area contributed by atoms with E-state index in [0.29, 0.717) is 32.8 Å². The average Bonchev–Trinajstić information content (AvgIpc) is 3.34. The molecule has 10 nitrogen and oxygen atoms in total. The van der Waals surface area contributed by atoms with Crippen LogP contribution in [-0.4, -0.2) is 98.7 Å². The fourth-order valence-corrected chi connectivity index (χ4v) is 4.17. The van der Waals surface area contributed by atoms with E-state index in [0.717, 1.165) is 12.2 Å². The molecule has 0 spiro atoms. The summed E-state index contributed by atoms with van der Waals surface area (Å²) in [6.45, 7) is 3.77. The van der Waals surface area contributed by atoms with E-state index in [4.69, 9.17) is 9.47 Å². The fourth-order valence-electron chi connectivity index (χ4n) is 4.17. The highest BCUT2D eigenvalue weighted by atomic mass is 16.5. The minimum absolute atomic E-state index is 0.0294. The minimum Gasteiger partial charge on any atom is -0.388 e. The molecule has 10 heteroatoms. The summed E-state index contributed by atoms with van der Waals surface area (Å²) in [6, 6.07) is 10.2. The molecule has 1 aromatic carbocycles. The number of aromatic nitrogens is 3. The van der Waals surface area contributed by atoms with E-state index >= 15 is 0 Å². The summed E-state index contributed by atoms with van der Waals surface area (Å²) in [5.41, 5.74) is 2.02. The van der Waals surface area contributed by atoms with Gasteiger partial charge in [-0.25, -0.2) is 4.68 Å². The monoisotopic (exact) mass is 445 g/mol. The second-order valence-corrected chi connectivity index (χ2v) is 8.48. The Bertz CT molecular complexity index is 873. The van der Waals surface area contributed by atoms with Crippen LogP contribution in [0.15, 0.2) is 36.5 Å². The van der Waals surface area contributed by atoms with E-state index in [-0.39, 0.29) is 18.9 Å². The second kappa shape index (κ2) is 10.5. The molecule has 4 rings (SSSR count). The van der Waals surface area contributed by atoms with Gasteiger partial charge in [0.25, 0.3) is 0 Å². The molecule has 0 aliphatic carbocycles. The number of morpholine rings is 1. The zero-order chi connectivity index (χ0) is 22.5. The van der Waals surface area contributed by atoms with Crippen molar-refractivity contribution in [2.24, 2.45) is 0 Å². The van der Waals surface area contributed by atoms with Gasteiger partial charge < -0.3 is 24.6 Å². The summed E-state index contributed by atoms with van der Waals surface area (Å²) in [5, 5.41) is 29.2. The summed E-state index contributed by atoms with van der Waals surface area (Å²) in [7, 11) is 2.02. The number of carbonyl (C=O) groups excluding carboxylic acids is 1. The first-order valence-electron chi connectivity index (χ1n) is 11.0. The first kappa shape index (κ1) is 22.8. The summed E-state index contributed by atoms with van der Waals surface area (Å²) >= 11 is 0. The molecule has 0 bridgehead atoms. The van der Waals surface area contributed by atoms with Crippen LogP contribution in [0.1, 0.15) is 17.7 Å². The number of amides is 1. The van der Waals surface area contributed by atoms with Crippen molar-refractivity contribution in [2.75, 3.05) is 33.4 Å². The molecular weight excluding hydrogens is 414 g/mol. The van der Waals surface area contributed by atoms with Crippen molar-refractivity contribution in [3.8, 4) is 0 Å². The lowest BCUT2D eigenvalue weighted by molar-refractivity contribution is -0.139. The number of aliphatic hydroxyl groups is 2. The lowest BCUT2D eigenvalue weighted by atomic mass is 10.0. The van der Waals surface area contributed by atoms with E-state index in [9.17, 15) is 15.0 Å². The molecule has 2 fully saturated rings. The Labute approximate surface area is 187 Å². The van der Waals surface area contributed by atoms with Crippen LogP contribution in [0.4, 0.5) is 0 Å². The molecule has 2 aromatic rings. The first-order chi connectivity index (χ1) is 15.5. The predicted molar refractivity (Wildman–Crippen MR) is 114 cm³/mol. The Kier molecular flexibility index (Phi) is 7.48. The Balaban J connectivity index is 1.28. The number of hydrogen-bond donors (Lipinski definition) is 2. The van der Waals surface area contributed by atoms with Crippen molar-refractivity contribution in [2.45, 2.75) is 50.5 Å². The number of rotatable bonds is 8. The van der Waals surface area contributed by atoms with E-state index in [2.05, 4.69) is 27.3 Å². The molecule has 0 radical (unpaired) electrons. The lowest BCUT2D eigenvalue weighted by Gasteiger charge is -2.28. The van der Waals surface area contributed by atoms with Crippen molar-refractivity contribution in [3.63, 3.8) is 0 Å². The third kappa shape index (κ3) is 5.70. The van der Waals surface area contributed by atoms with Gasteiger partial charge >= 0.3 is 0 Å². The van der Waals surface area contributed by atoms with Gasteiger partial charge in [0, 0.05) is 32.4 Å². The fraction of sp³-hybridized carbons (Fsp3) is 0.591. The topological polar surface area (TPSA) is 113 Å². The van der Waals surface area contributed by atoms with E-state index < -0.39 is 24.4 Å². The summed E-state index contributed by atoms with van der Waals surface area (Å²) in [6.07, 6.45) is -1.78. The molecular formula is C22H31N5O5. The molecule has 0 saturated carbocycles. The molecule has 32 heavy (non-hydrogen) atoms. The number of hydrogen-bond acceptors (Lipinski definition) is 8. The Hall–Kier alpha value is -2.37. The van der Waals surface area contributed by atoms with Gasteiger partial charge in [-0.05, 0) is 12.6 Å². The van der Waals surface area contributed by atoms with Gasteiger partial charge in [-0.15, -0.1) is 5.10 Å². The molecule has 2 N–H and O–H groups in total. The highest BCUT2D eigenvalue weighted by molar-refractivity contribution is 5.77. The van der Waals surface area contributed by atoms with Gasteiger partial charge in [-0.1, -0.05) is 35.5 Å². The number of aliphatic hydroxyl groups excluding tert-OH is 2. The van der Waals surface area contributed by atoms with Gasteiger partial charge in [0.1, 0.15) is 18.3 Å². The number of nitrogens with zero attached hydrogens (tertiary/aromatic N) is 5. The molecule has 4 atom stereocenters. The predicted octanol–water partition coefficient (Wildman–Crippen LogP) is -0.352. The maximum atomic E-state index is 12.5. The molecule has 174 valence electrons. The maximum absolute atomic E-state index is 12.5. The van der Waals surface area contributed by atoms with Crippen LogP contribution in [-0.2, 0) is 33.9 Å². The zero-order valence-corrected chi connectivity index (χ0v) is 18.3. The van der Waals surface area contributed by atoms with Crippen molar-refractivity contribution in [1.29, 1.82) is 0 Å². The van der Waals surface area contributed by atoms with E-state index in [1.807, 2.05) is 31.4 Å². The third-order valence-electron chi connectivity index (χ3n) is 5.88. The standard InChI is InChI=1S/C22H31N5O5/c1-25(12-16-5-3-2-4-6-16)13-17-14-27(24-23-17)15-19-22(30)21(29)18(32-19)11-20(28)26-7-9-31-10-8-26/h2-6,14,18-19,21-22,29-30H,7-13,15H2,1H3/t18-,19+,21-,22+/m0/s1. The van der Waals surface area contributed by atoms with Gasteiger partial charge in [0.15, 0.2) is 0 Å². The summed E-state index contributed by atoms with van der Waals surface area (Å²) in [4.78, 5) is 16.3. The molecule has 1 aromatic heterocycles. The van der Waals surface area contributed by atoms with Crippen molar-refractivity contribution >= 4 is 5.91 Å². The van der Waals surface area contributed by atoms with Gasteiger partial charge in [-0.2, -0.15) is 0 Å². The van der Waals surface area contributed by atoms with Gasteiger partial charge in [-0.3, -0.25) is 9.69 Å². The van der Waals surface area contributed by atoms with E-state index in [1.54, 1.807) is 9.58 Å². The number of benzene rings is 1. The molecule has 2 aliphatic heterocycles. The average molecular weight is 446 g/mol. The summed E-state index contributed by atoms with van der Waals surface area (Å²) < 4.78 is 12.7. The van der Waals surface area contributed by atoms with Crippen LogP contribution < -0.4 is 0 Å². The Morgan fingerprint density at radius 1 is 1.12 bits per heavy atom. The molecule has 3 heterocycles. The highest BCUT2D eigenvalue weighted by Gasteiger charge is 2.44. The first-order valence-corrected chi connectivity index (χ1v) is 11.0. The molecule has 1 amide bonds. The van der Waals surface area contributed by atoms with Crippen LogP contribution in [0, 0.1) is 0 Å². The van der Waals surface area contributed by atoms with Crippen molar-refractivity contribution in [3.05, 3.63) is 47.8 Å². The minimum atomic E-state index is -1.12. The van der Waals surface area contributed by atoms with Crippen LogP contribution in [0.3, 0.4) is 0 Å². The van der Waals surface area contributed by atoms with E-state index in [1.165, 1.54) is 5.56 Å². The Morgan fingerprint density at radius 3 is 2.59 bits per heavy atom. The molecule has 2 saturated heterocycles. The van der Waals surface area contributed by atoms with Crippen LogP contribution in [0.5, 0.6) is 0 Å². The smallest absolute Gasteiger partial charge is 0.225 e. The second-order valence-electron chi connectivity index (χ2n) is 8.48. The van der Waals surface area contributed by atoms with Crippen LogP contribution in [0.25, 0.3) is 0 Å². The third-order valence-corrected chi connectivity index (χ3v) is 5.88. The highest BCUT2D eigenvalue weighted by Crippen LogP contribution is 2.25. The molecule has 2 aliphatic rings. The largest absolute Gasteiger partial charge is 0.388 e.